The van der Waals surface area contributed by atoms with Gasteiger partial charge in [0.25, 0.3) is 0 Å². The van der Waals surface area contributed by atoms with Crippen LogP contribution in [0.15, 0.2) is 6.20 Å². The highest BCUT2D eigenvalue weighted by Gasteiger charge is 2.54. The van der Waals surface area contributed by atoms with Gasteiger partial charge < -0.3 is 9.31 Å². The van der Waals surface area contributed by atoms with Gasteiger partial charge in [-0.1, -0.05) is 6.92 Å². The zero-order valence-corrected chi connectivity index (χ0v) is 10.6. The van der Waals surface area contributed by atoms with Crippen LogP contribution in [-0.4, -0.2) is 28.5 Å². The van der Waals surface area contributed by atoms with Crippen molar-refractivity contribution in [1.29, 1.82) is 0 Å². The number of hydrogen-bond acceptors (Lipinski definition) is 3. The van der Waals surface area contributed by atoms with Crippen molar-refractivity contribution >= 4 is 12.6 Å². The third-order valence-corrected chi connectivity index (χ3v) is 3.84. The molecule has 4 nitrogen and oxygen atoms in total. The zero-order chi connectivity index (χ0) is 12.0. The fraction of sp³-hybridized carbons (Fsp3) is 0.727. The fourth-order valence-corrected chi connectivity index (χ4v) is 2.03. The van der Waals surface area contributed by atoms with Crippen molar-refractivity contribution in [3.05, 3.63) is 11.9 Å². The van der Waals surface area contributed by atoms with Crippen molar-refractivity contribution in [2.45, 2.75) is 52.2 Å². The minimum Gasteiger partial charge on any atom is -0.399 e. The van der Waals surface area contributed by atoms with Gasteiger partial charge in [0.05, 0.1) is 11.2 Å². The van der Waals surface area contributed by atoms with Crippen molar-refractivity contribution in [2.24, 2.45) is 0 Å². The molecule has 1 atom stereocenters. The summed E-state index contributed by atoms with van der Waals surface area (Å²) in [4.78, 5) is 0. The Labute approximate surface area is 96.9 Å². The van der Waals surface area contributed by atoms with Crippen LogP contribution in [0.2, 0.25) is 0 Å². The van der Waals surface area contributed by atoms with Gasteiger partial charge in [-0.2, -0.15) is 5.10 Å². The Bertz CT molecular complexity index is 391. The molecule has 0 spiro atoms. The molecule has 1 fully saturated rings. The Balaban J connectivity index is 2.28. The lowest BCUT2D eigenvalue weighted by Gasteiger charge is -2.35. The van der Waals surface area contributed by atoms with Crippen LogP contribution in [0.4, 0.5) is 0 Å². The Kier molecular flexibility index (Phi) is 2.63. The van der Waals surface area contributed by atoms with E-state index in [2.05, 4.69) is 37.9 Å². The van der Waals surface area contributed by atoms with Crippen LogP contribution in [0.3, 0.4) is 0 Å². The molecule has 0 saturated carbocycles. The quantitative estimate of drug-likeness (QED) is 0.769. The van der Waals surface area contributed by atoms with Crippen molar-refractivity contribution in [3.8, 4) is 0 Å². The molecular weight excluding hydrogens is 203 g/mol. The van der Waals surface area contributed by atoms with E-state index < -0.39 is 0 Å². The number of rotatable bonds is 2. The predicted molar refractivity (Wildman–Crippen MR) is 63.7 cm³/mol. The number of hydrogen-bond donors (Lipinski definition) is 1. The van der Waals surface area contributed by atoms with Crippen LogP contribution in [0, 0.1) is 6.92 Å². The molecule has 0 bridgehead atoms. The molecule has 2 rings (SSSR count). The number of nitrogens with one attached hydrogen (secondary N) is 1. The molecule has 0 aliphatic carbocycles. The summed E-state index contributed by atoms with van der Waals surface area (Å²) in [5.74, 6) is 0. The molecule has 1 aliphatic rings. The van der Waals surface area contributed by atoms with Crippen molar-refractivity contribution < 1.29 is 9.31 Å². The third-order valence-electron chi connectivity index (χ3n) is 3.84. The lowest BCUT2D eigenvalue weighted by molar-refractivity contribution is -0.0118. The summed E-state index contributed by atoms with van der Waals surface area (Å²) in [5, 5.41) is 6.91. The normalized spacial score (nSPS) is 28.7. The first-order valence-corrected chi connectivity index (χ1v) is 5.75. The minimum atomic E-state index is -0.307. The van der Waals surface area contributed by atoms with E-state index in [1.54, 1.807) is 6.20 Å². The first-order valence-electron chi connectivity index (χ1n) is 5.75. The number of H-pyrrole nitrogens is 1. The van der Waals surface area contributed by atoms with E-state index in [4.69, 9.17) is 9.31 Å². The zero-order valence-electron chi connectivity index (χ0n) is 10.6. The van der Waals surface area contributed by atoms with Gasteiger partial charge in [0.15, 0.2) is 0 Å². The molecule has 1 aliphatic heterocycles. The van der Waals surface area contributed by atoms with Crippen LogP contribution >= 0.6 is 0 Å². The van der Waals surface area contributed by atoms with E-state index in [1.165, 1.54) is 0 Å². The topological polar surface area (TPSA) is 47.1 Å². The summed E-state index contributed by atoms with van der Waals surface area (Å²) in [6, 6.07) is 0. The summed E-state index contributed by atoms with van der Waals surface area (Å²) in [5.41, 5.74) is 1.46. The molecule has 1 saturated heterocycles. The minimum absolute atomic E-state index is 0.249. The van der Waals surface area contributed by atoms with Gasteiger partial charge in [-0.05, 0) is 34.1 Å². The summed E-state index contributed by atoms with van der Waals surface area (Å²) < 4.78 is 12.1. The summed E-state index contributed by atoms with van der Waals surface area (Å²) in [6.45, 7) is 10.3. The van der Waals surface area contributed by atoms with Crippen LogP contribution < -0.4 is 5.46 Å². The fourth-order valence-electron chi connectivity index (χ4n) is 2.03. The van der Waals surface area contributed by atoms with E-state index in [1.807, 2.05) is 6.92 Å². The summed E-state index contributed by atoms with van der Waals surface area (Å²) in [6.07, 6.45) is 2.70. The average molecular weight is 222 g/mol. The molecule has 88 valence electrons. The highest BCUT2D eigenvalue weighted by atomic mass is 16.7. The van der Waals surface area contributed by atoms with Gasteiger partial charge in [0, 0.05) is 17.4 Å². The standard InChI is InChI=1S/C11H19BN2O2/c1-6-11(5)10(3,4)15-12(16-11)9-7-13-14-8(9)2/h7H,6H2,1-5H3,(H,13,14). The van der Waals surface area contributed by atoms with Gasteiger partial charge in [-0.15, -0.1) is 0 Å². The lowest BCUT2D eigenvalue weighted by Crippen LogP contribution is -2.44. The molecule has 1 aromatic heterocycles. The molecule has 1 N–H and O–H groups in total. The molecule has 0 radical (unpaired) electrons. The van der Waals surface area contributed by atoms with Crippen molar-refractivity contribution in [3.63, 3.8) is 0 Å². The van der Waals surface area contributed by atoms with Crippen LogP contribution in [0.5, 0.6) is 0 Å². The second-order valence-corrected chi connectivity index (χ2v) is 5.11. The molecule has 1 unspecified atom stereocenters. The number of aromatic nitrogens is 2. The SMILES string of the molecule is CCC1(C)OB(c2cn[nH]c2C)OC1(C)C. The monoisotopic (exact) mass is 222 g/mol. The predicted octanol–water partition coefficient (Wildman–Crippen LogP) is 1.41. The maximum atomic E-state index is 6.06. The van der Waals surface area contributed by atoms with Gasteiger partial charge in [0.1, 0.15) is 0 Å². The first kappa shape index (κ1) is 11.7. The Morgan fingerprint density at radius 1 is 1.38 bits per heavy atom. The lowest BCUT2D eigenvalue weighted by atomic mass is 9.79. The van der Waals surface area contributed by atoms with E-state index in [0.717, 1.165) is 17.6 Å². The number of nitrogens with zero attached hydrogens (tertiary/aromatic N) is 1. The highest BCUT2D eigenvalue weighted by Crippen LogP contribution is 2.39. The van der Waals surface area contributed by atoms with Gasteiger partial charge in [-0.25, -0.2) is 0 Å². The van der Waals surface area contributed by atoms with E-state index >= 15 is 0 Å². The Morgan fingerprint density at radius 2 is 2.06 bits per heavy atom. The second-order valence-electron chi connectivity index (χ2n) is 5.11. The first-order chi connectivity index (χ1) is 7.39. The summed E-state index contributed by atoms with van der Waals surface area (Å²) >= 11 is 0. The van der Waals surface area contributed by atoms with E-state index in [-0.39, 0.29) is 18.3 Å². The maximum absolute atomic E-state index is 6.06. The Hall–Kier alpha value is -0.805. The molecular formula is C11H19BN2O2. The van der Waals surface area contributed by atoms with Gasteiger partial charge >= 0.3 is 7.12 Å². The smallest absolute Gasteiger partial charge is 0.399 e. The second kappa shape index (κ2) is 3.60. The maximum Gasteiger partial charge on any atom is 0.498 e. The molecule has 0 aromatic carbocycles. The molecule has 16 heavy (non-hydrogen) atoms. The molecule has 1 aromatic rings. The Morgan fingerprint density at radius 3 is 2.50 bits per heavy atom. The van der Waals surface area contributed by atoms with Crippen molar-refractivity contribution in [1.82, 2.24) is 10.2 Å². The summed E-state index contributed by atoms with van der Waals surface area (Å²) in [7, 11) is -0.307. The van der Waals surface area contributed by atoms with Crippen LogP contribution in [0.1, 0.15) is 39.8 Å². The van der Waals surface area contributed by atoms with Crippen LogP contribution in [-0.2, 0) is 9.31 Å². The largest absolute Gasteiger partial charge is 0.498 e. The van der Waals surface area contributed by atoms with Crippen molar-refractivity contribution in [2.75, 3.05) is 0 Å². The highest BCUT2D eigenvalue weighted by molar-refractivity contribution is 6.62. The molecule has 2 heterocycles. The number of aryl methyl sites for hydroxylation is 1. The average Bonchev–Trinajstić information content (AvgIpc) is 2.70. The molecule has 5 heteroatoms. The molecule has 0 amide bonds. The number of aromatic amines is 1. The van der Waals surface area contributed by atoms with E-state index in [0.29, 0.717) is 0 Å². The van der Waals surface area contributed by atoms with Gasteiger partial charge in [0.2, 0.25) is 0 Å². The van der Waals surface area contributed by atoms with Crippen LogP contribution in [0.25, 0.3) is 0 Å². The van der Waals surface area contributed by atoms with E-state index in [9.17, 15) is 0 Å². The third kappa shape index (κ3) is 1.58. The van der Waals surface area contributed by atoms with Gasteiger partial charge in [-0.3, -0.25) is 5.10 Å².